The number of phenols is 1. The highest BCUT2D eigenvalue weighted by atomic mass is 16.6. The lowest BCUT2D eigenvalue weighted by atomic mass is 10.2. The molecule has 2 aromatic carbocycles. The molecule has 0 aliphatic rings. The quantitative estimate of drug-likeness (QED) is 0.482. The van der Waals surface area contributed by atoms with E-state index in [0.717, 1.165) is 6.54 Å². The van der Waals surface area contributed by atoms with Gasteiger partial charge >= 0.3 is 11.4 Å². The molecule has 0 amide bonds. The monoisotopic (exact) mass is 403 g/mol. The number of benzene rings is 2. The Balaban J connectivity index is 0.000000211. The summed E-state index contributed by atoms with van der Waals surface area (Å²) in [6, 6.07) is 11.5. The van der Waals surface area contributed by atoms with Gasteiger partial charge in [-0.05, 0) is 31.6 Å². The lowest BCUT2D eigenvalue weighted by Gasteiger charge is -2.06. The molecule has 0 saturated heterocycles. The fourth-order valence-corrected chi connectivity index (χ4v) is 2.53. The van der Waals surface area contributed by atoms with Gasteiger partial charge in [-0.15, -0.1) is 0 Å². The molecule has 29 heavy (non-hydrogen) atoms. The van der Waals surface area contributed by atoms with Gasteiger partial charge in [0.2, 0.25) is 0 Å². The maximum absolute atomic E-state index is 10.4. The van der Waals surface area contributed by atoms with Crippen molar-refractivity contribution in [3.8, 4) is 5.75 Å². The van der Waals surface area contributed by atoms with Crippen LogP contribution in [0.3, 0.4) is 0 Å². The van der Waals surface area contributed by atoms with E-state index in [1.165, 1.54) is 16.6 Å². The summed E-state index contributed by atoms with van der Waals surface area (Å²) in [7, 11) is 4.15. The first-order valence-corrected chi connectivity index (χ1v) is 8.11. The predicted octanol–water partition coefficient (Wildman–Crippen LogP) is 3.35. The van der Waals surface area contributed by atoms with Crippen LogP contribution in [0.15, 0.2) is 42.5 Å². The predicted molar refractivity (Wildman–Crippen MR) is 104 cm³/mol. The van der Waals surface area contributed by atoms with Crippen molar-refractivity contribution in [2.45, 2.75) is 6.54 Å². The van der Waals surface area contributed by atoms with Crippen molar-refractivity contribution in [3.63, 3.8) is 0 Å². The molecule has 1 aromatic heterocycles. The van der Waals surface area contributed by atoms with Crippen LogP contribution in [0.2, 0.25) is 0 Å². The van der Waals surface area contributed by atoms with E-state index in [4.69, 9.17) is 5.11 Å². The molecule has 0 atom stereocenters. The molecule has 0 saturated carbocycles. The number of aromatic nitrogens is 1. The van der Waals surface area contributed by atoms with Crippen LogP contribution in [0.1, 0.15) is 5.69 Å². The number of aromatic amines is 1. The Kier molecular flexibility index (Phi) is 6.41. The van der Waals surface area contributed by atoms with Gasteiger partial charge in [0.05, 0.1) is 26.9 Å². The van der Waals surface area contributed by atoms with Gasteiger partial charge in [-0.25, -0.2) is 0 Å². The van der Waals surface area contributed by atoms with Crippen molar-refractivity contribution in [1.29, 1.82) is 0 Å². The molecule has 3 rings (SSSR count). The highest BCUT2D eigenvalue weighted by Gasteiger charge is 2.30. The first kappa shape index (κ1) is 21.2. The fourth-order valence-electron chi connectivity index (χ4n) is 2.53. The van der Waals surface area contributed by atoms with Gasteiger partial charge in [-0.2, -0.15) is 0 Å². The van der Waals surface area contributed by atoms with E-state index in [1.807, 2.05) is 0 Å². The molecule has 0 aliphatic heterocycles. The molecule has 0 spiro atoms. The Labute approximate surface area is 163 Å². The van der Waals surface area contributed by atoms with Crippen molar-refractivity contribution in [1.82, 2.24) is 9.88 Å². The SMILES string of the molecule is CN(C)Cc1cc2ccccc2[nH]1.O=[N+]([O-])c1cc([N+](=O)[O-])c(O)c([N+](=O)[O-])c1. The second kappa shape index (κ2) is 8.75. The number of nitrogens with one attached hydrogen (secondary N) is 1. The summed E-state index contributed by atoms with van der Waals surface area (Å²) in [5, 5.41) is 41.5. The Hall–Kier alpha value is -4.06. The second-order valence-corrected chi connectivity index (χ2v) is 6.22. The van der Waals surface area contributed by atoms with Gasteiger partial charge < -0.3 is 15.0 Å². The molecule has 0 radical (unpaired) electrons. The smallest absolute Gasteiger partial charge is 0.324 e. The summed E-state index contributed by atoms with van der Waals surface area (Å²) in [6.07, 6.45) is 0. The average Bonchev–Trinajstić information content (AvgIpc) is 3.03. The van der Waals surface area contributed by atoms with E-state index in [0.29, 0.717) is 12.1 Å². The third kappa shape index (κ3) is 5.23. The van der Waals surface area contributed by atoms with Gasteiger partial charge in [-0.1, -0.05) is 18.2 Å². The highest BCUT2D eigenvalue weighted by molar-refractivity contribution is 5.80. The van der Waals surface area contributed by atoms with Crippen LogP contribution in [-0.2, 0) is 6.54 Å². The first-order valence-electron chi connectivity index (χ1n) is 8.11. The number of nitro groups is 3. The summed E-state index contributed by atoms with van der Waals surface area (Å²) in [6.45, 7) is 0.967. The third-order valence-corrected chi connectivity index (χ3v) is 3.73. The number of fused-ring (bicyclic) bond motifs is 1. The molecule has 152 valence electrons. The molecule has 0 aliphatic carbocycles. The summed E-state index contributed by atoms with van der Waals surface area (Å²) >= 11 is 0. The molecule has 0 fully saturated rings. The van der Waals surface area contributed by atoms with Gasteiger partial charge in [0.15, 0.2) is 0 Å². The normalized spacial score (nSPS) is 10.4. The number of aromatic hydroxyl groups is 1. The number of non-ortho nitro benzene ring substituents is 1. The Morgan fingerprint density at radius 1 is 0.931 bits per heavy atom. The van der Waals surface area contributed by atoms with E-state index in [9.17, 15) is 30.3 Å². The van der Waals surface area contributed by atoms with Crippen LogP contribution >= 0.6 is 0 Å². The lowest BCUT2D eigenvalue weighted by molar-refractivity contribution is -0.404. The fraction of sp³-hybridized carbons (Fsp3) is 0.176. The maximum Gasteiger partial charge on any atom is 0.324 e. The minimum absolute atomic E-state index is 0.447. The number of hydrogen-bond acceptors (Lipinski definition) is 8. The minimum atomic E-state index is -1.21. The van der Waals surface area contributed by atoms with E-state index in [2.05, 4.69) is 54.3 Å². The van der Waals surface area contributed by atoms with E-state index < -0.39 is 37.6 Å². The summed E-state index contributed by atoms with van der Waals surface area (Å²) in [4.78, 5) is 33.3. The van der Waals surface area contributed by atoms with Crippen LogP contribution in [0.5, 0.6) is 5.75 Å². The molecular formula is C17H17N5O7. The summed E-state index contributed by atoms with van der Waals surface area (Å²) < 4.78 is 0. The molecule has 12 heteroatoms. The van der Waals surface area contributed by atoms with Crippen molar-refractivity contribution in [3.05, 3.63) is 78.5 Å². The van der Waals surface area contributed by atoms with E-state index in [1.54, 1.807) is 0 Å². The Morgan fingerprint density at radius 3 is 1.93 bits per heavy atom. The first-order chi connectivity index (χ1) is 13.6. The number of rotatable bonds is 5. The molecule has 2 N–H and O–H groups in total. The number of nitro benzene ring substituents is 3. The lowest BCUT2D eigenvalue weighted by Crippen LogP contribution is -2.10. The van der Waals surface area contributed by atoms with Gasteiger partial charge in [0.25, 0.3) is 11.4 Å². The van der Waals surface area contributed by atoms with E-state index in [-0.39, 0.29) is 0 Å². The number of para-hydroxylation sites is 1. The number of phenolic OH excluding ortho intramolecular Hbond substituents is 1. The van der Waals surface area contributed by atoms with Crippen LogP contribution in [-0.4, -0.2) is 43.9 Å². The van der Waals surface area contributed by atoms with Crippen LogP contribution in [0.4, 0.5) is 17.1 Å². The van der Waals surface area contributed by atoms with Gasteiger partial charge in [0.1, 0.15) is 0 Å². The topological polar surface area (TPSA) is 169 Å². The van der Waals surface area contributed by atoms with Gasteiger partial charge in [-0.3, -0.25) is 30.3 Å². The number of hydrogen-bond donors (Lipinski definition) is 2. The van der Waals surface area contributed by atoms with E-state index >= 15 is 0 Å². The van der Waals surface area contributed by atoms with Crippen molar-refractivity contribution in [2.24, 2.45) is 0 Å². The maximum atomic E-state index is 10.4. The minimum Gasteiger partial charge on any atom is -0.497 e. The zero-order valence-electron chi connectivity index (χ0n) is 15.4. The van der Waals surface area contributed by atoms with Crippen LogP contribution in [0.25, 0.3) is 10.9 Å². The van der Waals surface area contributed by atoms with Crippen molar-refractivity contribution in [2.75, 3.05) is 14.1 Å². The highest BCUT2D eigenvalue weighted by Crippen LogP contribution is 2.38. The number of H-pyrrole nitrogens is 1. The zero-order chi connectivity index (χ0) is 21.7. The number of nitrogens with zero attached hydrogens (tertiary/aromatic N) is 4. The zero-order valence-corrected chi connectivity index (χ0v) is 15.4. The molecular weight excluding hydrogens is 386 g/mol. The second-order valence-electron chi connectivity index (χ2n) is 6.22. The van der Waals surface area contributed by atoms with Crippen molar-refractivity contribution < 1.29 is 19.9 Å². The Morgan fingerprint density at radius 2 is 1.48 bits per heavy atom. The molecule has 0 unspecified atom stereocenters. The Bertz CT molecular complexity index is 1010. The molecule has 12 nitrogen and oxygen atoms in total. The third-order valence-electron chi connectivity index (χ3n) is 3.73. The molecule has 1 heterocycles. The van der Waals surface area contributed by atoms with Gasteiger partial charge in [0, 0.05) is 17.8 Å². The standard InChI is InChI=1S/C11H14N2.C6H3N3O7/c1-13(2)8-10-7-9-5-3-4-6-11(9)12-10;10-6-4(8(13)14)1-3(7(11)12)2-5(6)9(15)16/h3-7,12H,8H2,1-2H3;1-2,10H. The van der Waals surface area contributed by atoms with Crippen LogP contribution < -0.4 is 0 Å². The largest absolute Gasteiger partial charge is 0.497 e. The summed E-state index contributed by atoms with van der Waals surface area (Å²) in [5.41, 5.74) is -0.511. The van der Waals surface area contributed by atoms with Crippen LogP contribution in [0, 0.1) is 30.3 Å². The molecule has 3 aromatic rings. The average molecular weight is 403 g/mol. The molecule has 0 bridgehead atoms. The summed E-state index contributed by atoms with van der Waals surface area (Å²) in [5.74, 6) is -1.21. The van der Waals surface area contributed by atoms with Crippen molar-refractivity contribution >= 4 is 28.0 Å².